The Hall–Kier alpha value is -3.32. The summed E-state index contributed by atoms with van der Waals surface area (Å²) in [6, 6.07) is 13.8. The van der Waals surface area contributed by atoms with Gasteiger partial charge in [-0.3, -0.25) is 4.79 Å². The molecule has 4 rings (SSSR count). The highest BCUT2D eigenvalue weighted by Gasteiger charge is 2.31. The Balaban J connectivity index is 1.77. The van der Waals surface area contributed by atoms with Gasteiger partial charge < -0.3 is 19.9 Å². The van der Waals surface area contributed by atoms with Gasteiger partial charge in [-0.1, -0.05) is 35.4 Å². The van der Waals surface area contributed by atoms with Gasteiger partial charge in [0.25, 0.3) is 5.91 Å². The highest BCUT2D eigenvalue weighted by molar-refractivity contribution is 6.30. The molecule has 6 nitrogen and oxygen atoms in total. The van der Waals surface area contributed by atoms with E-state index in [1.54, 1.807) is 32.9 Å². The number of rotatable bonds is 5. The predicted octanol–water partition coefficient (Wildman–Crippen LogP) is 6.12. The first-order valence-corrected chi connectivity index (χ1v) is 11.9. The second-order valence-corrected chi connectivity index (χ2v) is 10.2. The zero-order chi connectivity index (χ0) is 25.3. The molecule has 0 saturated heterocycles. The molecule has 0 aliphatic carbocycles. The Labute approximate surface area is 209 Å². The summed E-state index contributed by atoms with van der Waals surface area (Å²) >= 11 is 6.21. The molecule has 0 spiro atoms. The van der Waals surface area contributed by atoms with E-state index in [0.717, 1.165) is 16.8 Å². The molecule has 8 heteroatoms. The van der Waals surface area contributed by atoms with Crippen molar-refractivity contribution in [3.8, 4) is 22.4 Å². The van der Waals surface area contributed by atoms with Crippen molar-refractivity contribution in [2.45, 2.75) is 45.8 Å². The Morgan fingerprint density at radius 2 is 1.97 bits per heavy atom. The van der Waals surface area contributed by atoms with Gasteiger partial charge in [0.2, 0.25) is 0 Å². The van der Waals surface area contributed by atoms with Crippen LogP contribution in [0.5, 0.6) is 0 Å². The number of amides is 2. The summed E-state index contributed by atoms with van der Waals surface area (Å²) in [5.74, 6) is -0.654. The van der Waals surface area contributed by atoms with Crippen LogP contribution in [0.25, 0.3) is 22.4 Å². The maximum absolute atomic E-state index is 15.0. The number of halogens is 2. The normalized spacial score (nSPS) is 15.4. The quantitative estimate of drug-likeness (QED) is 0.446. The number of aryl methyl sites for hydroxylation is 1. The first-order valence-electron chi connectivity index (χ1n) is 11.6. The lowest BCUT2D eigenvalue weighted by Crippen LogP contribution is -2.41. The van der Waals surface area contributed by atoms with Crippen LogP contribution in [0.3, 0.4) is 0 Å². The van der Waals surface area contributed by atoms with Gasteiger partial charge in [0.1, 0.15) is 17.1 Å². The van der Waals surface area contributed by atoms with Crippen molar-refractivity contribution < 1.29 is 18.7 Å². The lowest BCUT2D eigenvalue weighted by molar-refractivity contribution is 0.0524. The van der Waals surface area contributed by atoms with Gasteiger partial charge in [0.05, 0.1) is 11.7 Å². The number of benzene rings is 2. The van der Waals surface area contributed by atoms with Gasteiger partial charge in [-0.2, -0.15) is 0 Å². The second kappa shape index (κ2) is 9.74. The number of aromatic nitrogens is 1. The van der Waals surface area contributed by atoms with Crippen molar-refractivity contribution in [1.29, 1.82) is 0 Å². The third-order valence-corrected chi connectivity index (χ3v) is 6.02. The smallest absolute Gasteiger partial charge is 0.407 e. The molecular weight excluding hydrogens is 469 g/mol. The molecular formula is C27H29ClFN3O3. The van der Waals surface area contributed by atoms with Crippen LogP contribution in [0.1, 0.15) is 49.3 Å². The van der Waals surface area contributed by atoms with E-state index < -0.39 is 17.5 Å². The zero-order valence-electron chi connectivity index (χ0n) is 20.2. The molecule has 3 aromatic rings. The van der Waals surface area contributed by atoms with Crippen LogP contribution in [0, 0.1) is 12.7 Å². The number of alkyl carbamates (subject to hydrolysis) is 1. The molecule has 1 aliphatic heterocycles. The average molecular weight is 498 g/mol. The number of hydrogen-bond acceptors (Lipinski definition) is 3. The number of fused-ring (bicyclic) bond motifs is 1. The fraction of sp³-hybridized carbons (Fsp3) is 0.333. The Kier molecular flexibility index (Phi) is 6.90. The van der Waals surface area contributed by atoms with Crippen molar-refractivity contribution in [3.05, 3.63) is 70.6 Å². The van der Waals surface area contributed by atoms with Gasteiger partial charge >= 0.3 is 6.09 Å². The van der Waals surface area contributed by atoms with Crippen molar-refractivity contribution in [3.63, 3.8) is 0 Å². The standard InChI is InChI=1S/C27H29ClFN3O3/c1-16-6-5-7-17(12-16)24-21(20-13-18(28)8-9-22(20)29)14-23-25(33)31-15-19(32(23)24)10-11-30-26(34)35-27(2,3)4/h5-9,12-14,19H,10-11,15H2,1-4H3,(H,30,34)(H,31,33). The average Bonchev–Trinajstić information content (AvgIpc) is 3.17. The van der Waals surface area contributed by atoms with Gasteiger partial charge in [0.15, 0.2) is 0 Å². The first-order chi connectivity index (χ1) is 16.5. The summed E-state index contributed by atoms with van der Waals surface area (Å²) in [5, 5.41) is 6.12. The van der Waals surface area contributed by atoms with Crippen molar-refractivity contribution in [1.82, 2.24) is 15.2 Å². The highest BCUT2D eigenvalue weighted by Crippen LogP contribution is 2.41. The van der Waals surface area contributed by atoms with Crippen LogP contribution < -0.4 is 10.6 Å². The lowest BCUT2D eigenvalue weighted by Gasteiger charge is -2.29. The van der Waals surface area contributed by atoms with Gasteiger partial charge in [-0.25, -0.2) is 9.18 Å². The number of carbonyl (C=O) groups is 2. The third kappa shape index (κ3) is 5.51. The van der Waals surface area contributed by atoms with E-state index in [-0.39, 0.29) is 11.9 Å². The molecule has 2 amide bonds. The maximum Gasteiger partial charge on any atom is 0.407 e. The lowest BCUT2D eigenvalue weighted by atomic mass is 9.99. The molecule has 184 valence electrons. The molecule has 1 atom stereocenters. The Morgan fingerprint density at radius 1 is 1.20 bits per heavy atom. The monoisotopic (exact) mass is 497 g/mol. The Bertz CT molecular complexity index is 1280. The number of nitrogens with zero attached hydrogens (tertiary/aromatic N) is 1. The van der Waals surface area contributed by atoms with E-state index in [0.29, 0.717) is 41.4 Å². The molecule has 2 N–H and O–H groups in total. The summed E-state index contributed by atoms with van der Waals surface area (Å²) in [4.78, 5) is 25.0. The zero-order valence-corrected chi connectivity index (χ0v) is 21.0. The summed E-state index contributed by atoms with van der Waals surface area (Å²) in [6.45, 7) is 8.13. The van der Waals surface area contributed by atoms with Crippen LogP contribution in [-0.2, 0) is 4.74 Å². The molecule has 1 aliphatic rings. The van der Waals surface area contributed by atoms with E-state index in [1.165, 1.54) is 12.1 Å². The minimum atomic E-state index is -0.592. The van der Waals surface area contributed by atoms with Gasteiger partial charge in [-0.15, -0.1) is 0 Å². The summed E-state index contributed by atoms with van der Waals surface area (Å²) in [5.41, 5.74) is 3.41. The third-order valence-electron chi connectivity index (χ3n) is 5.79. The number of carbonyl (C=O) groups excluding carboxylic acids is 2. The summed E-state index contributed by atoms with van der Waals surface area (Å²) in [7, 11) is 0. The first kappa shape index (κ1) is 24.8. The molecule has 0 bridgehead atoms. The van der Waals surface area contributed by atoms with E-state index in [2.05, 4.69) is 10.6 Å². The van der Waals surface area contributed by atoms with Crippen LogP contribution in [0.2, 0.25) is 5.02 Å². The van der Waals surface area contributed by atoms with E-state index in [1.807, 2.05) is 35.8 Å². The number of hydrogen-bond donors (Lipinski definition) is 2. The fourth-order valence-electron chi connectivity index (χ4n) is 4.35. The number of nitrogens with one attached hydrogen (secondary N) is 2. The molecule has 2 aromatic carbocycles. The van der Waals surface area contributed by atoms with Gasteiger partial charge in [-0.05, 0) is 70.0 Å². The van der Waals surface area contributed by atoms with E-state index >= 15 is 0 Å². The predicted molar refractivity (Wildman–Crippen MR) is 135 cm³/mol. The molecule has 0 fully saturated rings. The highest BCUT2D eigenvalue weighted by atomic mass is 35.5. The Morgan fingerprint density at radius 3 is 2.69 bits per heavy atom. The van der Waals surface area contributed by atoms with Crippen LogP contribution in [0.4, 0.5) is 9.18 Å². The summed E-state index contributed by atoms with van der Waals surface area (Å²) < 4.78 is 22.3. The van der Waals surface area contributed by atoms with E-state index in [4.69, 9.17) is 16.3 Å². The number of ether oxygens (including phenoxy) is 1. The topological polar surface area (TPSA) is 72.4 Å². The minimum Gasteiger partial charge on any atom is -0.444 e. The fourth-order valence-corrected chi connectivity index (χ4v) is 4.53. The molecule has 2 heterocycles. The molecule has 35 heavy (non-hydrogen) atoms. The van der Waals surface area contributed by atoms with Crippen LogP contribution >= 0.6 is 11.6 Å². The van der Waals surface area contributed by atoms with Crippen molar-refractivity contribution in [2.24, 2.45) is 0 Å². The largest absolute Gasteiger partial charge is 0.444 e. The van der Waals surface area contributed by atoms with Crippen LogP contribution in [-0.4, -0.2) is 35.3 Å². The van der Waals surface area contributed by atoms with E-state index in [9.17, 15) is 14.0 Å². The molecule has 1 unspecified atom stereocenters. The maximum atomic E-state index is 15.0. The van der Waals surface area contributed by atoms with Crippen molar-refractivity contribution >= 4 is 23.6 Å². The molecule has 0 radical (unpaired) electrons. The summed E-state index contributed by atoms with van der Waals surface area (Å²) in [6.07, 6.45) is 0.0444. The van der Waals surface area contributed by atoms with Crippen LogP contribution in [0.15, 0.2) is 48.5 Å². The van der Waals surface area contributed by atoms with Gasteiger partial charge in [0, 0.05) is 29.2 Å². The SMILES string of the molecule is Cc1cccc(-c2c(-c3cc(Cl)ccc3F)cc3n2C(CCNC(=O)OC(C)(C)C)CNC3=O)c1. The van der Waals surface area contributed by atoms with Crippen molar-refractivity contribution in [2.75, 3.05) is 13.1 Å². The molecule has 1 aromatic heterocycles. The minimum absolute atomic E-state index is 0.163. The second-order valence-electron chi connectivity index (χ2n) is 9.74. The molecule has 0 saturated carbocycles.